The van der Waals surface area contributed by atoms with Crippen molar-refractivity contribution < 1.29 is 13.7 Å². The molecule has 0 unspecified atom stereocenters. The molecule has 0 heterocycles. The van der Waals surface area contributed by atoms with E-state index in [4.69, 9.17) is 4.74 Å². The van der Waals surface area contributed by atoms with Crippen LogP contribution < -0.4 is 15.4 Å². The smallest absolute Gasteiger partial charge is 0.319 e. The summed E-state index contributed by atoms with van der Waals surface area (Å²) in [6.07, 6.45) is 1.64. The number of anilines is 1. The number of ether oxygens (including phenoxy) is 1. The van der Waals surface area contributed by atoms with Gasteiger partial charge in [0.1, 0.15) is 5.75 Å². The maximum atomic E-state index is 11.9. The van der Waals surface area contributed by atoms with Crippen molar-refractivity contribution in [3.63, 3.8) is 0 Å². The fourth-order valence-electron chi connectivity index (χ4n) is 2.11. The number of urea groups is 1. The summed E-state index contributed by atoms with van der Waals surface area (Å²) in [5.74, 6) is 0.782. The highest BCUT2D eigenvalue weighted by Crippen LogP contribution is 2.21. The minimum absolute atomic E-state index is 0.280. The van der Waals surface area contributed by atoms with Gasteiger partial charge in [0.05, 0.1) is 7.11 Å². The molecule has 2 aromatic carbocycles. The predicted octanol–water partition coefficient (Wildman–Crippen LogP) is 3.06. The van der Waals surface area contributed by atoms with Crippen molar-refractivity contribution in [3.8, 4) is 5.75 Å². The van der Waals surface area contributed by atoms with Gasteiger partial charge in [0.15, 0.2) is 0 Å². The Bertz CT molecular complexity index is 714. The molecule has 2 aromatic rings. The highest BCUT2D eigenvalue weighted by atomic mass is 32.2. The van der Waals surface area contributed by atoms with E-state index in [1.807, 2.05) is 31.2 Å². The van der Waals surface area contributed by atoms with E-state index in [2.05, 4.69) is 10.6 Å². The minimum atomic E-state index is -0.992. The molecule has 0 aliphatic carbocycles. The lowest BCUT2D eigenvalue weighted by atomic mass is 10.2. The molecule has 2 amide bonds. The van der Waals surface area contributed by atoms with E-state index in [0.29, 0.717) is 12.2 Å². The molecule has 0 aliphatic rings. The molecular weight excluding hydrogens is 312 g/mol. The minimum Gasteiger partial charge on any atom is -0.496 e. The first-order chi connectivity index (χ1) is 11.0. The van der Waals surface area contributed by atoms with Crippen LogP contribution >= 0.6 is 0 Å². The molecule has 0 aliphatic heterocycles. The molecule has 2 rings (SSSR count). The molecular formula is C17H20N2O3S. The average Bonchev–Trinajstić information content (AvgIpc) is 2.53. The maximum absolute atomic E-state index is 11.9. The van der Waals surface area contributed by atoms with Crippen molar-refractivity contribution in [2.24, 2.45) is 0 Å². The third-order valence-electron chi connectivity index (χ3n) is 3.36. The highest BCUT2D eigenvalue weighted by molar-refractivity contribution is 7.84. The summed E-state index contributed by atoms with van der Waals surface area (Å²) in [4.78, 5) is 12.7. The van der Waals surface area contributed by atoms with E-state index in [0.717, 1.165) is 21.8 Å². The molecule has 0 saturated carbocycles. The summed E-state index contributed by atoms with van der Waals surface area (Å²) in [6, 6.07) is 12.5. The standard InChI is InChI=1S/C17H20N2O3S/c1-12-10-14(6-9-16(12)22-2)19-17(20)18-11-13-4-7-15(8-5-13)23(3)21/h4-10H,11H2,1-3H3,(H2,18,19,20)/t23-/m0/s1. The van der Waals surface area contributed by atoms with Crippen LogP contribution in [0.1, 0.15) is 11.1 Å². The van der Waals surface area contributed by atoms with E-state index >= 15 is 0 Å². The molecule has 0 fully saturated rings. The van der Waals surface area contributed by atoms with Crippen LogP contribution in [0, 0.1) is 6.92 Å². The third-order valence-corrected chi connectivity index (χ3v) is 4.30. The fraction of sp³-hybridized carbons (Fsp3) is 0.235. The van der Waals surface area contributed by atoms with E-state index in [1.54, 1.807) is 31.6 Å². The maximum Gasteiger partial charge on any atom is 0.319 e. The summed E-state index contributed by atoms with van der Waals surface area (Å²) in [6.45, 7) is 2.32. The molecule has 0 bridgehead atoms. The van der Waals surface area contributed by atoms with Gasteiger partial charge in [-0.15, -0.1) is 0 Å². The van der Waals surface area contributed by atoms with Gasteiger partial charge in [-0.3, -0.25) is 4.21 Å². The van der Waals surface area contributed by atoms with E-state index in [-0.39, 0.29) is 6.03 Å². The zero-order valence-corrected chi connectivity index (χ0v) is 14.2. The van der Waals surface area contributed by atoms with Gasteiger partial charge in [-0.25, -0.2) is 4.79 Å². The first-order valence-corrected chi connectivity index (χ1v) is 8.67. The topological polar surface area (TPSA) is 67.4 Å². The Morgan fingerprint density at radius 2 is 1.87 bits per heavy atom. The third kappa shape index (κ3) is 4.82. The molecule has 0 radical (unpaired) electrons. The van der Waals surface area contributed by atoms with Crippen LogP contribution in [0.15, 0.2) is 47.4 Å². The summed E-state index contributed by atoms with van der Waals surface area (Å²) in [7, 11) is 0.621. The van der Waals surface area contributed by atoms with Gasteiger partial charge in [0, 0.05) is 34.2 Å². The number of carbonyl (C=O) groups excluding carboxylic acids is 1. The first-order valence-electron chi connectivity index (χ1n) is 7.11. The zero-order chi connectivity index (χ0) is 16.8. The van der Waals surface area contributed by atoms with Crippen LogP contribution in [0.3, 0.4) is 0 Å². The Balaban J connectivity index is 1.89. The largest absolute Gasteiger partial charge is 0.496 e. The summed E-state index contributed by atoms with van der Waals surface area (Å²) in [5, 5.41) is 5.57. The van der Waals surface area contributed by atoms with Gasteiger partial charge in [0.25, 0.3) is 0 Å². The molecule has 1 atom stereocenters. The van der Waals surface area contributed by atoms with E-state index < -0.39 is 10.8 Å². The molecule has 6 heteroatoms. The summed E-state index contributed by atoms with van der Waals surface area (Å²) in [5.41, 5.74) is 2.60. The number of methoxy groups -OCH3 is 1. The molecule has 0 spiro atoms. The molecule has 0 saturated heterocycles. The summed E-state index contributed by atoms with van der Waals surface area (Å²) < 4.78 is 16.5. The second-order valence-corrected chi connectivity index (χ2v) is 6.47. The lowest BCUT2D eigenvalue weighted by Crippen LogP contribution is -2.28. The van der Waals surface area contributed by atoms with Crippen molar-refractivity contribution in [3.05, 3.63) is 53.6 Å². The second-order valence-electron chi connectivity index (χ2n) is 5.09. The van der Waals surface area contributed by atoms with Crippen LogP contribution in [-0.4, -0.2) is 23.6 Å². The Kier molecular flexibility index (Phi) is 5.76. The van der Waals surface area contributed by atoms with Crippen molar-refractivity contribution in [2.45, 2.75) is 18.4 Å². The number of hydrogen-bond acceptors (Lipinski definition) is 3. The molecule has 23 heavy (non-hydrogen) atoms. The predicted molar refractivity (Wildman–Crippen MR) is 92.4 cm³/mol. The van der Waals surface area contributed by atoms with Crippen LogP contribution in [-0.2, 0) is 17.3 Å². The Morgan fingerprint density at radius 1 is 1.17 bits per heavy atom. The lowest BCUT2D eigenvalue weighted by molar-refractivity contribution is 0.251. The van der Waals surface area contributed by atoms with Crippen molar-refractivity contribution in [2.75, 3.05) is 18.7 Å². The number of aryl methyl sites for hydroxylation is 1. The summed E-state index contributed by atoms with van der Waals surface area (Å²) >= 11 is 0. The van der Waals surface area contributed by atoms with Crippen LogP contribution in [0.5, 0.6) is 5.75 Å². The van der Waals surface area contributed by atoms with Gasteiger partial charge in [-0.2, -0.15) is 0 Å². The van der Waals surface area contributed by atoms with Gasteiger partial charge < -0.3 is 15.4 Å². The van der Waals surface area contributed by atoms with Gasteiger partial charge in [-0.1, -0.05) is 12.1 Å². The van der Waals surface area contributed by atoms with Crippen LogP contribution in [0.25, 0.3) is 0 Å². The lowest BCUT2D eigenvalue weighted by Gasteiger charge is -2.10. The SMILES string of the molecule is COc1ccc(NC(=O)NCc2ccc([S@](C)=O)cc2)cc1C. The highest BCUT2D eigenvalue weighted by Gasteiger charge is 2.05. The van der Waals surface area contributed by atoms with Crippen molar-refractivity contribution in [1.82, 2.24) is 5.32 Å². The second kappa shape index (κ2) is 7.78. The number of rotatable bonds is 5. The number of nitrogens with one attached hydrogen (secondary N) is 2. The van der Waals surface area contributed by atoms with Crippen LogP contribution in [0.2, 0.25) is 0 Å². The van der Waals surface area contributed by atoms with Crippen LogP contribution in [0.4, 0.5) is 10.5 Å². The Labute approximate surface area is 138 Å². The van der Waals surface area contributed by atoms with Gasteiger partial charge >= 0.3 is 6.03 Å². The number of carbonyl (C=O) groups is 1. The normalized spacial score (nSPS) is 11.6. The number of hydrogen-bond donors (Lipinski definition) is 2. The molecule has 5 nitrogen and oxygen atoms in total. The van der Waals surface area contributed by atoms with Crippen molar-refractivity contribution in [1.29, 1.82) is 0 Å². The van der Waals surface area contributed by atoms with Crippen molar-refractivity contribution >= 4 is 22.5 Å². The quantitative estimate of drug-likeness (QED) is 0.884. The molecule has 2 N–H and O–H groups in total. The average molecular weight is 332 g/mol. The van der Waals surface area contributed by atoms with E-state index in [9.17, 15) is 9.00 Å². The Morgan fingerprint density at radius 3 is 2.43 bits per heavy atom. The van der Waals surface area contributed by atoms with E-state index in [1.165, 1.54) is 0 Å². The monoisotopic (exact) mass is 332 g/mol. The van der Waals surface area contributed by atoms with Gasteiger partial charge in [0.2, 0.25) is 0 Å². The molecule has 122 valence electrons. The zero-order valence-electron chi connectivity index (χ0n) is 13.4. The Hall–Kier alpha value is -2.34. The number of benzene rings is 2. The molecule has 0 aromatic heterocycles. The fourth-order valence-corrected chi connectivity index (χ4v) is 2.63. The number of amides is 2. The first kappa shape index (κ1) is 17.0. The van der Waals surface area contributed by atoms with Gasteiger partial charge in [-0.05, 0) is 48.4 Å².